The molecular weight excluding hydrogens is 437 g/mol. The summed E-state index contributed by atoms with van der Waals surface area (Å²) in [6.07, 6.45) is 2.05. The lowest BCUT2D eigenvalue weighted by Gasteiger charge is -2.49. The van der Waals surface area contributed by atoms with Crippen molar-refractivity contribution in [2.45, 2.75) is 19.0 Å². The van der Waals surface area contributed by atoms with E-state index in [1.165, 1.54) is 12.1 Å². The summed E-state index contributed by atoms with van der Waals surface area (Å²) in [4.78, 5) is 32.7. The van der Waals surface area contributed by atoms with Crippen LogP contribution in [0.5, 0.6) is 0 Å². The van der Waals surface area contributed by atoms with E-state index < -0.39 is 10.8 Å². The highest BCUT2D eigenvalue weighted by molar-refractivity contribution is 5.82. The Kier molecular flexibility index (Phi) is 5.83. The number of benzene rings is 2. The Morgan fingerprint density at radius 1 is 1.12 bits per heavy atom. The summed E-state index contributed by atoms with van der Waals surface area (Å²) in [5.74, 6) is -0.889. The number of rotatable bonds is 5. The van der Waals surface area contributed by atoms with Gasteiger partial charge in [0.15, 0.2) is 0 Å². The largest absolute Gasteiger partial charge is 0.365 e. The molecule has 1 aromatic heterocycles. The lowest BCUT2D eigenvalue weighted by atomic mass is 9.83. The minimum absolute atomic E-state index is 0.00911. The van der Waals surface area contributed by atoms with Gasteiger partial charge in [0.05, 0.1) is 34.8 Å². The smallest absolute Gasteiger partial charge is 0.269 e. The molecule has 2 aliphatic rings. The van der Waals surface area contributed by atoms with Gasteiger partial charge in [-0.3, -0.25) is 19.9 Å². The summed E-state index contributed by atoms with van der Waals surface area (Å²) < 4.78 is 14.5. The minimum atomic E-state index is -0.451. The molecule has 0 radical (unpaired) electrons. The zero-order valence-corrected chi connectivity index (χ0v) is 18.4. The number of piperazine rings is 1. The van der Waals surface area contributed by atoms with Crippen LogP contribution in [0.25, 0.3) is 0 Å². The Labute approximate surface area is 196 Å². The van der Waals surface area contributed by atoms with Gasteiger partial charge in [-0.05, 0) is 42.3 Å². The number of halogens is 1. The second-order valence-corrected chi connectivity index (χ2v) is 8.58. The van der Waals surface area contributed by atoms with E-state index in [1.54, 1.807) is 36.5 Å². The summed E-state index contributed by atoms with van der Waals surface area (Å²) >= 11 is 0. The van der Waals surface area contributed by atoms with Crippen molar-refractivity contribution in [3.05, 3.63) is 94.0 Å². The molecule has 0 aliphatic carbocycles. The number of para-hydroxylation sites is 1. The van der Waals surface area contributed by atoms with E-state index in [-0.39, 0.29) is 23.5 Å². The first kappa shape index (κ1) is 21.8. The van der Waals surface area contributed by atoms with E-state index in [4.69, 9.17) is 0 Å². The standard InChI is InChI=1S/C25H24FN5O3/c26-21-6-1-2-7-23(21)29-11-12-30-22-9-8-19(31(33)34)13-17(22)14-20(24(30)16-29)25(32)28-15-18-5-3-4-10-27-18/h1-10,13,20,24H,11-12,14-16H2,(H,28,32)/t20-,24+/m1/s1. The van der Waals surface area contributed by atoms with Crippen LogP contribution in [0, 0.1) is 21.8 Å². The number of nitro benzene ring substituents is 1. The van der Waals surface area contributed by atoms with Crippen LogP contribution in [0.15, 0.2) is 66.9 Å². The summed E-state index contributed by atoms with van der Waals surface area (Å²) in [6, 6.07) is 16.8. The first-order chi connectivity index (χ1) is 16.5. The summed E-state index contributed by atoms with van der Waals surface area (Å²) in [6.45, 7) is 1.92. The predicted octanol–water partition coefficient (Wildman–Crippen LogP) is 3.31. The number of fused-ring (bicyclic) bond motifs is 3. The predicted molar refractivity (Wildman–Crippen MR) is 126 cm³/mol. The third-order valence-corrected chi connectivity index (χ3v) is 6.61. The van der Waals surface area contributed by atoms with Crippen LogP contribution in [0.3, 0.4) is 0 Å². The number of anilines is 2. The van der Waals surface area contributed by atoms with E-state index in [1.807, 2.05) is 23.1 Å². The fourth-order valence-corrected chi connectivity index (χ4v) is 4.96. The lowest BCUT2D eigenvalue weighted by molar-refractivity contribution is -0.384. The van der Waals surface area contributed by atoms with Gasteiger partial charge in [-0.1, -0.05) is 18.2 Å². The molecule has 1 N–H and O–H groups in total. The van der Waals surface area contributed by atoms with E-state index in [0.29, 0.717) is 38.3 Å². The van der Waals surface area contributed by atoms with Crippen LogP contribution in [0.1, 0.15) is 11.3 Å². The Bertz CT molecular complexity index is 1220. The van der Waals surface area contributed by atoms with Crippen LogP contribution in [0.2, 0.25) is 0 Å². The molecule has 2 atom stereocenters. The van der Waals surface area contributed by atoms with Crippen molar-refractivity contribution in [1.82, 2.24) is 10.3 Å². The summed E-state index contributed by atoms with van der Waals surface area (Å²) in [7, 11) is 0. The molecule has 8 nitrogen and oxygen atoms in total. The molecule has 9 heteroatoms. The second kappa shape index (κ2) is 9.09. The number of nitrogens with one attached hydrogen (secondary N) is 1. The molecule has 3 heterocycles. The van der Waals surface area contributed by atoms with Crippen molar-refractivity contribution in [2.75, 3.05) is 29.4 Å². The zero-order chi connectivity index (χ0) is 23.7. The van der Waals surface area contributed by atoms with Crippen molar-refractivity contribution >= 4 is 23.0 Å². The van der Waals surface area contributed by atoms with E-state index in [9.17, 15) is 19.3 Å². The first-order valence-electron chi connectivity index (χ1n) is 11.2. The number of nitro groups is 1. The highest BCUT2D eigenvalue weighted by Gasteiger charge is 2.42. The third kappa shape index (κ3) is 4.16. The lowest BCUT2D eigenvalue weighted by Crippen LogP contribution is -2.61. The number of non-ortho nitro benzene ring substituents is 1. The van der Waals surface area contributed by atoms with Crippen LogP contribution >= 0.6 is 0 Å². The molecule has 0 bridgehead atoms. The highest BCUT2D eigenvalue weighted by atomic mass is 19.1. The maximum atomic E-state index is 14.5. The molecule has 2 aromatic carbocycles. The summed E-state index contributed by atoms with van der Waals surface area (Å²) in [5, 5.41) is 14.3. The number of pyridine rings is 1. The molecule has 1 saturated heterocycles. The van der Waals surface area contributed by atoms with Crippen LogP contribution in [-0.4, -0.2) is 41.5 Å². The monoisotopic (exact) mass is 461 g/mol. The van der Waals surface area contributed by atoms with E-state index >= 15 is 0 Å². The van der Waals surface area contributed by atoms with Gasteiger partial charge in [-0.25, -0.2) is 4.39 Å². The maximum Gasteiger partial charge on any atom is 0.269 e. The Morgan fingerprint density at radius 2 is 1.94 bits per heavy atom. The van der Waals surface area contributed by atoms with Crippen molar-refractivity contribution < 1.29 is 14.1 Å². The normalized spacial score (nSPS) is 19.2. The van der Waals surface area contributed by atoms with Crippen molar-refractivity contribution in [1.29, 1.82) is 0 Å². The molecule has 0 unspecified atom stereocenters. The number of nitrogens with zero attached hydrogens (tertiary/aromatic N) is 4. The van der Waals surface area contributed by atoms with Crippen molar-refractivity contribution in [2.24, 2.45) is 5.92 Å². The highest BCUT2D eigenvalue weighted by Crippen LogP contribution is 2.39. The number of aromatic nitrogens is 1. The number of amides is 1. The fourth-order valence-electron chi connectivity index (χ4n) is 4.96. The van der Waals surface area contributed by atoms with Gasteiger partial charge in [-0.15, -0.1) is 0 Å². The average Bonchev–Trinajstić information content (AvgIpc) is 2.87. The molecule has 5 rings (SSSR count). The SMILES string of the molecule is O=C(NCc1ccccn1)[C@@H]1Cc2cc([N+](=O)[O-])ccc2N2CCN(c3ccccc3F)C[C@@H]12. The molecular formula is C25H24FN5O3. The van der Waals surface area contributed by atoms with Gasteiger partial charge in [0, 0.05) is 43.7 Å². The van der Waals surface area contributed by atoms with Gasteiger partial charge in [0.25, 0.3) is 5.69 Å². The van der Waals surface area contributed by atoms with Crippen LogP contribution < -0.4 is 15.1 Å². The molecule has 0 saturated carbocycles. The first-order valence-corrected chi connectivity index (χ1v) is 11.2. The second-order valence-electron chi connectivity index (χ2n) is 8.58. The van der Waals surface area contributed by atoms with Crippen molar-refractivity contribution in [3.8, 4) is 0 Å². The molecule has 3 aromatic rings. The van der Waals surface area contributed by atoms with Crippen LogP contribution in [-0.2, 0) is 17.8 Å². The van der Waals surface area contributed by atoms with Gasteiger partial charge in [0.2, 0.25) is 5.91 Å². The Hall–Kier alpha value is -4.01. The minimum Gasteiger partial charge on any atom is -0.365 e. The number of carbonyl (C=O) groups is 1. The van der Waals surface area contributed by atoms with E-state index in [2.05, 4.69) is 15.2 Å². The number of hydrogen-bond acceptors (Lipinski definition) is 6. The third-order valence-electron chi connectivity index (χ3n) is 6.61. The van der Waals surface area contributed by atoms with Gasteiger partial charge in [0.1, 0.15) is 5.82 Å². The fraction of sp³-hybridized carbons (Fsp3) is 0.280. The van der Waals surface area contributed by atoms with E-state index in [0.717, 1.165) is 16.9 Å². The van der Waals surface area contributed by atoms with Crippen LogP contribution in [0.4, 0.5) is 21.5 Å². The molecule has 2 aliphatic heterocycles. The molecule has 34 heavy (non-hydrogen) atoms. The molecule has 174 valence electrons. The molecule has 1 fully saturated rings. The topological polar surface area (TPSA) is 91.6 Å². The average molecular weight is 461 g/mol. The Morgan fingerprint density at radius 3 is 2.71 bits per heavy atom. The molecule has 1 amide bonds. The maximum absolute atomic E-state index is 14.5. The van der Waals surface area contributed by atoms with Gasteiger partial charge < -0.3 is 15.1 Å². The molecule has 0 spiro atoms. The van der Waals surface area contributed by atoms with Gasteiger partial charge in [-0.2, -0.15) is 0 Å². The zero-order valence-electron chi connectivity index (χ0n) is 18.4. The van der Waals surface area contributed by atoms with Gasteiger partial charge >= 0.3 is 0 Å². The quantitative estimate of drug-likeness (QED) is 0.463. The number of carbonyl (C=O) groups excluding carboxylic acids is 1. The Balaban J connectivity index is 1.45. The summed E-state index contributed by atoms with van der Waals surface area (Å²) in [5.41, 5.74) is 2.95. The number of hydrogen-bond donors (Lipinski definition) is 1. The van der Waals surface area contributed by atoms with Crippen molar-refractivity contribution in [3.63, 3.8) is 0 Å².